The van der Waals surface area contributed by atoms with Crippen molar-refractivity contribution in [2.75, 3.05) is 20.2 Å². The number of nitrogens with zero attached hydrogens (tertiary/aromatic N) is 1. The van der Waals surface area contributed by atoms with Crippen LogP contribution in [0.3, 0.4) is 0 Å². The predicted molar refractivity (Wildman–Crippen MR) is 82.4 cm³/mol. The van der Waals surface area contributed by atoms with Crippen LogP contribution in [0.4, 0.5) is 0 Å². The summed E-state index contributed by atoms with van der Waals surface area (Å²) in [5.74, 6) is -0.451. The van der Waals surface area contributed by atoms with E-state index in [4.69, 9.17) is 21.2 Å². The van der Waals surface area contributed by atoms with Gasteiger partial charge < -0.3 is 14.7 Å². The average Bonchev–Trinajstić information content (AvgIpc) is 2.72. The van der Waals surface area contributed by atoms with Crippen LogP contribution in [-0.4, -0.2) is 41.9 Å². The molecular formula is C16H18ClNO4. The predicted octanol–water partition coefficient (Wildman–Crippen LogP) is 2.87. The summed E-state index contributed by atoms with van der Waals surface area (Å²) in [6, 6.07) is 5.22. The van der Waals surface area contributed by atoms with Crippen molar-refractivity contribution < 1.29 is 19.5 Å². The monoisotopic (exact) mass is 323 g/mol. The molecule has 6 heteroatoms. The van der Waals surface area contributed by atoms with Crippen molar-refractivity contribution in [3.8, 4) is 0 Å². The maximum Gasteiger partial charge on any atom is 0.343 e. The van der Waals surface area contributed by atoms with E-state index in [9.17, 15) is 9.90 Å². The molecule has 0 aliphatic carbocycles. The molecule has 118 valence electrons. The Morgan fingerprint density at radius 2 is 2.05 bits per heavy atom. The second kappa shape index (κ2) is 5.57. The molecule has 0 unspecified atom stereocenters. The molecule has 1 aromatic carbocycles. The number of aliphatic hydroxyl groups is 1. The van der Waals surface area contributed by atoms with Gasteiger partial charge in [-0.3, -0.25) is 0 Å². The molecule has 5 nitrogen and oxygen atoms in total. The highest BCUT2D eigenvalue weighted by atomic mass is 35.5. The summed E-state index contributed by atoms with van der Waals surface area (Å²) in [4.78, 5) is 17.5. The van der Waals surface area contributed by atoms with Crippen LogP contribution in [0, 0.1) is 6.92 Å². The number of hydroxylamine groups is 2. The molecule has 1 saturated heterocycles. The van der Waals surface area contributed by atoms with Gasteiger partial charge in [0.05, 0.1) is 7.11 Å². The van der Waals surface area contributed by atoms with Crippen LogP contribution < -0.4 is 0 Å². The molecular weight excluding hydrogens is 306 g/mol. The van der Waals surface area contributed by atoms with Gasteiger partial charge in [0.2, 0.25) is 0 Å². The van der Waals surface area contributed by atoms with Gasteiger partial charge in [0.15, 0.2) is 11.4 Å². The van der Waals surface area contributed by atoms with E-state index >= 15 is 0 Å². The Labute approximate surface area is 134 Å². The molecule has 2 aliphatic rings. The summed E-state index contributed by atoms with van der Waals surface area (Å²) in [5, 5.41) is 13.1. The van der Waals surface area contributed by atoms with Crippen molar-refractivity contribution in [2.24, 2.45) is 0 Å². The van der Waals surface area contributed by atoms with Gasteiger partial charge in [-0.15, -0.1) is 0 Å². The number of rotatable bonds is 2. The Hall–Kier alpha value is -1.56. The van der Waals surface area contributed by atoms with Crippen molar-refractivity contribution >= 4 is 23.1 Å². The van der Waals surface area contributed by atoms with E-state index in [1.807, 2.05) is 6.92 Å². The molecule has 1 N–H and O–H groups in total. The number of carbonyl (C=O) groups is 1. The van der Waals surface area contributed by atoms with Gasteiger partial charge in [0.25, 0.3) is 0 Å². The number of halogens is 1. The van der Waals surface area contributed by atoms with Gasteiger partial charge in [-0.05, 0) is 30.2 Å². The molecule has 0 aromatic heterocycles. The lowest BCUT2D eigenvalue weighted by atomic mass is 9.88. The SMILES string of the molecule is CON1CCC2(CC1)OC(=O)C(c1ccc(Cl)cc1C)=C2O. The van der Waals surface area contributed by atoms with Crippen molar-refractivity contribution in [3.05, 3.63) is 40.1 Å². The van der Waals surface area contributed by atoms with Crippen molar-refractivity contribution in [2.45, 2.75) is 25.4 Å². The first-order chi connectivity index (χ1) is 10.5. The van der Waals surface area contributed by atoms with Crippen LogP contribution >= 0.6 is 11.6 Å². The van der Waals surface area contributed by atoms with Crippen LogP contribution in [0.15, 0.2) is 24.0 Å². The van der Waals surface area contributed by atoms with Gasteiger partial charge in [-0.25, -0.2) is 4.79 Å². The summed E-state index contributed by atoms with van der Waals surface area (Å²) in [5.41, 5.74) is 0.823. The number of benzene rings is 1. The zero-order chi connectivity index (χ0) is 15.9. The van der Waals surface area contributed by atoms with Gasteiger partial charge in [-0.1, -0.05) is 17.7 Å². The third-order valence-corrected chi connectivity index (χ3v) is 4.64. The molecule has 22 heavy (non-hydrogen) atoms. The molecule has 2 heterocycles. The van der Waals surface area contributed by atoms with Crippen LogP contribution in [0.1, 0.15) is 24.0 Å². The molecule has 0 bridgehead atoms. The molecule has 0 radical (unpaired) electrons. The van der Waals surface area contributed by atoms with E-state index in [0.717, 1.165) is 5.56 Å². The summed E-state index contributed by atoms with van der Waals surface area (Å²) in [6.07, 6.45) is 1.02. The standard InChI is InChI=1S/C16H18ClNO4/c1-10-9-11(17)3-4-12(10)13-14(19)16(22-15(13)20)5-7-18(21-2)8-6-16/h3-4,9,19H,5-8H2,1-2H3. The zero-order valence-corrected chi connectivity index (χ0v) is 13.3. The van der Waals surface area contributed by atoms with E-state index in [1.54, 1.807) is 30.4 Å². The molecule has 1 aromatic rings. The highest BCUT2D eigenvalue weighted by Gasteiger charge is 2.50. The molecule has 0 atom stereocenters. The Morgan fingerprint density at radius 1 is 1.36 bits per heavy atom. The highest BCUT2D eigenvalue weighted by Crippen LogP contribution is 2.43. The maximum atomic E-state index is 12.3. The fraction of sp³-hybridized carbons (Fsp3) is 0.438. The number of hydrogen-bond donors (Lipinski definition) is 1. The van der Waals surface area contributed by atoms with Crippen LogP contribution in [0.5, 0.6) is 0 Å². The average molecular weight is 324 g/mol. The van der Waals surface area contributed by atoms with Gasteiger partial charge in [0, 0.05) is 31.0 Å². The minimum atomic E-state index is -0.923. The molecule has 1 fully saturated rings. The lowest BCUT2D eigenvalue weighted by Crippen LogP contribution is -2.45. The minimum Gasteiger partial charge on any atom is -0.507 e. The first kappa shape index (κ1) is 15.3. The highest BCUT2D eigenvalue weighted by molar-refractivity contribution is 6.31. The van der Waals surface area contributed by atoms with Gasteiger partial charge in [0.1, 0.15) is 5.57 Å². The summed E-state index contributed by atoms with van der Waals surface area (Å²) < 4.78 is 5.57. The zero-order valence-electron chi connectivity index (χ0n) is 12.6. The van der Waals surface area contributed by atoms with E-state index in [0.29, 0.717) is 36.5 Å². The summed E-state index contributed by atoms with van der Waals surface area (Å²) in [7, 11) is 1.61. The summed E-state index contributed by atoms with van der Waals surface area (Å²) in [6.45, 7) is 3.05. The van der Waals surface area contributed by atoms with Crippen molar-refractivity contribution in [3.63, 3.8) is 0 Å². The molecule has 0 amide bonds. The third-order valence-electron chi connectivity index (χ3n) is 4.41. The van der Waals surface area contributed by atoms with Crippen LogP contribution in [0.2, 0.25) is 5.02 Å². The minimum absolute atomic E-state index is 0.0266. The Kier molecular flexibility index (Phi) is 3.89. The molecule has 3 rings (SSSR count). The summed E-state index contributed by atoms with van der Waals surface area (Å²) >= 11 is 5.96. The number of carbonyl (C=O) groups excluding carboxylic acids is 1. The number of aryl methyl sites for hydroxylation is 1. The topological polar surface area (TPSA) is 59.0 Å². The smallest absolute Gasteiger partial charge is 0.343 e. The first-order valence-corrected chi connectivity index (χ1v) is 7.57. The fourth-order valence-corrected chi connectivity index (χ4v) is 3.34. The van der Waals surface area contributed by atoms with E-state index in [2.05, 4.69) is 0 Å². The number of hydrogen-bond acceptors (Lipinski definition) is 5. The fourth-order valence-electron chi connectivity index (χ4n) is 3.12. The number of piperidine rings is 1. The van der Waals surface area contributed by atoms with Crippen LogP contribution in [-0.2, 0) is 14.4 Å². The number of aliphatic hydroxyl groups excluding tert-OH is 1. The van der Waals surface area contributed by atoms with E-state index in [-0.39, 0.29) is 11.3 Å². The Morgan fingerprint density at radius 3 is 2.64 bits per heavy atom. The van der Waals surface area contributed by atoms with Gasteiger partial charge >= 0.3 is 5.97 Å². The lowest BCUT2D eigenvalue weighted by molar-refractivity contribution is -0.182. The second-order valence-electron chi connectivity index (χ2n) is 5.68. The Bertz CT molecular complexity index is 648. The van der Waals surface area contributed by atoms with E-state index < -0.39 is 11.6 Å². The molecule has 1 spiro atoms. The quantitative estimate of drug-likeness (QED) is 0.848. The van der Waals surface area contributed by atoms with E-state index in [1.165, 1.54) is 0 Å². The van der Waals surface area contributed by atoms with Gasteiger partial charge in [-0.2, -0.15) is 5.06 Å². The molecule has 0 saturated carbocycles. The normalized spacial score (nSPS) is 21.5. The number of esters is 1. The van der Waals surface area contributed by atoms with Crippen molar-refractivity contribution in [1.29, 1.82) is 0 Å². The molecule has 2 aliphatic heterocycles. The Balaban J connectivity index is 1.99. The van der Waals surface area contributed by atoms with Crippen LogP contribution in [0.25, 0.3) is 5.57 Å². The number of ether oxygens (including phenoxy) is 1. The second-order valence-corrected chi connectivity index (χ2v) is 6.11. The third kappa shape index (κ3) is 2.39. The lowest BCUT2D eigenvalue weighted by Gasteiger charge is -2.36. The maximum absolute atomic E-state index is 12.3. The first-order valence-electron chi connectivity index (χ1n) is 7.19. The van der Waals surface area contributed by atoms with Crippen molar-refractivity contribution in [1.82, 2.24) is 5.06 Å². The largest absolute Gasteiger partial charge is 0.507 e.